The van der Waals surface area contributed by atoms with Gasteiger partial charge in [0.25, 0.3) is 7.82 Å². The Hall–Kier alpha value is -1.80. The first-order chi connectivity index (χ1) is 20.0. The molecule has 0 heterocycles. The average molecular weight is 611 g/mol. The first kappa shape index (κ1) is 40.2. The van der Waals surface area contributed by atoms with Crippen molar-refractivity contribution in [3.05, 3.63) is 60.8 Å². The maximum absolute atomic E-state index is 12.6. The highest BCUT2D eigenvalue weighted by Crippen LogP contribution is 2.38. The molecule has 1 amide bonds. The van der Waals surface area contributed by atoms with E-state index in [2.05, 4.69) is 55.6 Å². The first-order valence-electron chi connectivity index (χ1n) is 15.7. The second kappa shape index (κ2) is 25.7. The molecule has 8 nitrogen and oxygen atoms in total. The van der Waals surface area contributed by atoms with E-state index < -0.39 is 26.6 Å². The van der Waals surface area contributed by atoms with Crippen LogP contribution in [0.4, 0.5) is 0 Å². The first-order valence-corrected chi connectivity index (χ1v) is 17.1. The zero-order chi connectivity index (χ0) is 31.5. The third kappa shape index (κ3) is 27.1. The van der Waals surface area contributed by atoms with Crippen molar-refractivity contribution >= 4 is 13.7 Å². The molecule has 0 aliphatic carbocycles. The lowest BCUT2D eigenvalue weighted by molar-refractivity contribution is -0.870. The number of nitrogens with one attached hydrogen (secondary N) is 1. The zero-order valence-electron chi connectivity index (χ0n) is 26.9. The largest absolute Gasteiger partial charge is 0.756 e. The van der Waals surface area contributed by atoms with Gasteiger partial charge in [-0.2, -0.15) is 0 Å². The van der Waals surface area contributed by atoms with Crippen LogP contribution in [0.2, 0.25) is 0 Å². The van der Waals surface area contributed by atoms with Gasteiger partial charge >= 0.3 is 0 Å². The van der Waals surface area contributed by atoms with Gasteiger partial charge in [0, 0.05) is 6.42 Å². The Morgan fingerprint density at radius 2 is 1.45 bits per heavy atom. The monoisotopic (exact) mass is 610 g/mol. The van der Waals surface area contributed by atoms with Gasteiger partial charge in [-0.3, -0.25) is 9.36 Å². The van der Waals surface area contributed by atoms with Crippen molar-refractivity contribution in [2.75, 3.05) is 40.9 Å². The van der Waals surface area contributed by atoms with E-state index in [4.69, 9.17) is 9.05 Å². The molecule has 2 N–H and O–H groups in total. The van der Waals surface area contributed by atoms with E-state index in [1.165, 1.54) is 19.3 Å². The fourth-order valence-corrected chi connectivity index (χ4v) is 4.41. The SMILES string of the molecule is CC/C=C\C/C=C\C/C=C\C/C=C\CCC(=O)NC(COP(=O)([O-])OCC[N+](C)(C)C)C(O)/C=C/CCCCCCC. The summed E-state index contributed by atoms with van der Waals surface area (Å²) >= 11 is 0. The Labute approximate surface area is 256 Å². The number of nitrogens with zero attached hydrogens (tertiary/aromatic N) is 1. The molecule has 9 heteroatoms. The minimum absolute atomic E-state index is 0.0172. The lowest BCUT2D eigenvalue weighted by Crippen LogP contribution is -2.45. The summed E-state index contributed by atoms with van der Waals surface area (Å²) in [6, 6.07) is -0.921. The molecule has 0 spiro atoms. The van der Waals surface area contributed by atoms with Crippen LogP contribution in [-0.2, 0) is 18.4 Å². The van der Waals surface area contributed by atoms with Crippen molar-refractivity contribution in [1.29, 1.82) is 0 Å². The lowest BCUT2D eigenvalue weighted by Gasteiger charge is -2.29. The molecule has 3 atom stereocenters. The fourth-order valence-electron chi connectivity index (χ4n) is 3.69. The quantitative estimate of drug-likeness (QED) is 0.0498. The van der Waals surface area contributed by atoms with Gasteiger partial charge in [0.2, 0.25) is 5.91 Å². The number of carbonyl (C=O) groups excluding carboxylic acids is 1. The number of quaternary nitrogens is 1. The number of likely N-dealkylation sites (N-methyl/N-ethyl adjacent to an activating group) is 1. The van der Waals surface area contributed by atoms with E-state index in [1.807, 2.05) is 39.4 Å². The number of unbranched alkanes of at least 4 members (excludes halogenated alkanes) is 5. The van der Waals surface area contributed by atoms with Gasteiger partial charge in [-0.1, -0.05) is 100 Å². The highest BCUT2D eigenvalue weighted by atomic mass is 31.2. The highest BCUT2D eigenvalue weighted by Gasteiger charge is 2.23. The van der Waals surface area contributed by atoms with Crippen LogP contribution in [0.25, 0.3) is 0 Å². The third-order valence-electron chi connectivity index (χ3n) is 6.25. The molecule has 0 aromatic heterocycles. The number of phosphoric ester groups is 1. The summed E-state index contributed by atoms with van der Waals surface area (Å²) in [4.78, 5) is 24.9. The standard InChI is InChI=1S/C33H59N2O6P/c1-6-8-10-12-14-15-16-17-18-19-21-23-25-27-33(37)34-31(32(36)26-24-22-20-13-11-9-7-2)30-41-42(38,39)40-29-28-35(3,4)5/h8,10,14-15,17-18,21,23-24,26,31-32,36H,6-7,9,11-13,16,19-20,22,25,27-30H2,1-5H3,(H-,34,37,38,39)/b10-8-,15-14-,18-17-,23-21-,26-24+. The fraction of sp³-hybridized carbons (Fsp3) is 0.667. The molecule has 0 fully saturated rings. The number of phosphoric acid groups is 1. The Balaban J connectivity index is 4.76. The summed E-state index contributed by atoms with van der Waals surface area (Å²) in [6.45, 7) is 4.35. The number of aliphatic hydroxyl groups excluding tert-OH is 1. The second-order valence-corrected chi connectivity index (χ2v) is 12.8. The Kier molecular flexibility index (Phi) is 24.6. The van der Waals surface area contributed by atoms with Gasteiger partial charge in [0.15, 0.2) is 0 Å². The van der Waals surface area contributed by atoms with E-state index in [9.17, 15) is 19.4 Å². The molecule has 3 unspecified atom stereocenters. The number of aliphatic hydroxyl groups is 1. The molecule has 0 aromatic carbocycles. The van der Waals surface area contributed by atoms with Gasteiger partial charge in [0.1, 0.15) is 13.2 Å². The maximum atomic E-state index is 12.6. The van der Waals surface area contributed by atoms with E-state index >= 15 is 0 Å². The highest BCUT2D eigenvalue weighted by molar-refractivity contribution is 7.45. The van der Waals surface area contributed by atoms with Crippen LogP contribution in [0.3, 0.4) is 0 Å². The van der Waals surface area contributed by atoms with Crippen LogP contribution in [-0.4, -0.2) is 68.5 Å². The maximum Gasteiger partial charge on any atom is 0.268 e. The topological polar surface area (TPSA) is 108 Å². The summed E-state index contributed by atoms with van der Waals surface area (Å²) < 4.78 is 22.8. The minimum Gasteiger partial charge on any atom is -0.756 e. The van der Waals surface area contributed by atoms with Crippen molar-refractivity contribution in [2.45, 2.75) is 103 Å². The predicted molar refractivity (Wildman–Crippen MR) is 173 cm³/mol. The molecule has 42 heavy (non-hydrogen) atoms. The van der Waals surface area contributed by atoms with Gasteiger partial charge in [-0.25, -0.2) is 0 Å². The molecule has 0 radical (unpaired) electrons. The van der Waals surface area contributed by atoms with Crippen LogP contribution in [0, 0.1) is 0 Å². The van der Waals surface area contributed by atoms with Crippen LogP contribution in [0.5, 0.6) is 0 Å². The summed E-state index contributed by atoms with van der Waals surface area (Å²) in [5.41, 5.74) is 0. The smallest absolute Gasteiger partial charge is 0.268 e. The Bertz CT molecular complexity index is 876. The second-order valence-electron chi connectivity index (χ2n) is 11.4. The van der Waals surface area contributed by atoms with Gasteiger partial charge in [-0.05, 0) is 44.9 Å². The summed E-state index contributed by atoms with van der Waals surface area (Å²) in [6.07, 6.45) is 30.2. The number of rotatable bonds is 26. The number of carbonyl (C=O) groups is 1. The van der Waals surface area contributed by atoms with Crippen molar-refractivity contribution < 1.29 is 32.9 Å². The molecule has 0 aliphatic heterocycles. The van der Waals surface area contributed by atoms with Crippen molar-refractivity contribution in [3.63, 3.8) is 0 Å². The van der Waals surface area contributed by atoms with E-state index in [0.717, 1.165) is 44.9 Å². The van der Waals surface area contributed by atoms with Gasteiger partial charge in [-0.15, -0.1) is 0 Å². The predicted octanol–water partition coefficient (Wildman–Crippen LogP) is 6.54. The molecule has 0 rings (SSSR count). The molecule has 0 aliphatic rings. The minimum atomic E-state index is -4.59. The average Bonchev–Trinajstić information content (AvgIpc) is 2.92. The molecular formula is C33H59N2O6P. The summed E-state index contributed by atoms with van der Waals surface area (Å²) in [5, 5.41) is 13.5. The van der Waals surface area contributed by atoms with Crippen molar-refractivity contribution in [2.24, 2.45) is 0 Å². The van der Waals surface area contributed by atoms with E-state index in [-0.39, 0.29) is 18.9 Å². The molecule has 242 valence electrons. The number of allylic oxidation sites excluding steroid dienone is 9. The summed E-state index contributed by atoms with van der Waals surface area (Å²) in [7, 11) is 1.20. The molecule has 0 saturated heterocycles. The Morgan fingerprint density at radius 3 is 2.05 bits per heavy atom. The van der Waals surface area contributed by atoms with Crippen LogP contribution in [0.15, 0.2) is 60.8 Å². The number of amides is 1. The lowest BCUT2D eigenvalue weighted by atomic mass is 10.1. The molecule has 0 bridgehead atoms. The molecule has 0 aromatic rings. The van der Waals surface area contributed by atoms with Crippen molar-refractivity contribution in [3.8, 4) is 0 Å². The Morgan fingerprint density at radius 1 is 0.857 bits per heavy atom. The van der Waals surface area contributed by atoms with Crippen molar-refractivity contribution in [1.82, 2.24) is 5.32 Å². The van der Waals surface area contributed by atoms with Gasteiger partial charge < -0.3 is 28.8 Å². The third-order valence-corrected chi connectivity index (χ3v) is 7.21. The number of hydrogen-bond donors (Lipinski definition) is 2. The number of hydrogen-bond acceptors (Lipinski definition) is 6. The van der Waals surface area contributed by atoms with E-state index in [1.54, 1.807) is 6.08 Å². The zero-order valence-corrected chi connectivity index (χ0v) is 27.8. The van der Waals surface area contributed by atoms with Crippen LogP contribution in [0.1, 0.15) is 90.9 Å². The molecule has 0 saturated carbocycles. The molecular weight excluding hydrogens is 551 g/mol. The normalized spacial score (nSPS) is 15.9. The van der Waals surface area contributed by atoms with E-state index in [0.29, 0.717) is 17.4 Å². The van der Waals surface area contributed by atoms with Gasteiger partial charge in [0.05, 0.1) is 39.9 Å². The van der Waals surface area contributed by atoms with Crippen LogP contribution < -0.4 is 10.2 Å². The summed E-state index contributed by atoms with van der Waals surface area (Å²) in [5.74, 6) is -0.287. The van der Waals surface area contributed by atoms with Crippen LogP contribution >= 0.6 is 7.82 Å².